The first-order valence-corrected chi connectivity index (χ1v) is 9.85. The van der Waals surface area contributed by atoms with Crippen molar-refractivity contribution in [1.82, 2.24) is 0 Å². The van der Waals surface area contributed by atoms with Crippen LogP contribution in [0.2, 0.25) is 5.02 Å². The van der Waals surface area contributed by atoms with Gasteiger partial charge in [-0.1, -0.05) is 29.3 Å². The number of hydrogen-bond acceptors (Lipinski definition) is 4. The smallest absolute Gasteiger partial charge is 0.307 e. The van der Waals surface area contributed by atoms with Gasteiger partial charge in [-0.05, 0) is 67.1 Å². The second kappa shape index (κ2) is 8.53. The summed E-state index contributed by atoms with van der Waals surface area (Å²) in [6, 6.07) is 19.1. The molecule has 0 fully saturated rings. The summed E-state index contributed by atoms with van der Waals surface area (Å²) < 4.78 is 11.4. The van der Waals surface area contributed by atoms with Crippen molar-refractivity contribution in [2.24, 2.45) is 0 Å². The lowest BCUT2D eigenvalue weighted by Crippen LogP contribution is -2.10. The highest BCUT2D eigenvalue weighted by molar-refractivity contribution is 6.32. The summed E-state index contributed by atoms with van der Waals surface area (Å²) in [5, 5.41) is 12.8. The summed E-state index contributed by atoms with van der Waals surface area (Å²) in [6.07, 6.45) is -0.112. The predicted molar refractivity (Wildman–Crippen MR) is 118 cm³/mol. The molecule has 0 aliphatic carbocycles. The third-order valence-electron chi connectivity index (χ3n) is 4.59. The number of aliphatic carboxylic acids is 1. The fraction of sp³-hybridized carbons (Fsp3) is 0.0833. The molecule has 31 heavy (non-hydrogen) atoms. The SMILES string of the molecule is Cc1ccc2oc(C(=O)Nc3ccc(Oc4ccc(CC(=O)O)cc4Cl)cc3)cc2c1. The molecule has 0 atom stereocenters. The number of carboxylic acid groups (broad SMARTS) is 1. The lowest BCUT2D eigenvalue weighted by molar-refractivity contribution is -0.136. The first-order chi connectivity index (χ1) is 14.9. The van der Waals surface area contributed by atoms with Crippen LogP contribution in [0.25, 0.3) is 11.0 Å². The number of halogens is 1. The van der Waals surface area contributed by atoms with Crippen LogP contribution in [-0.4, -0.2) is 17.0 Å². The Balaban J connectivity index is 1.43. The number of rotatable bonds is 6. The molecular formula is C24H18ClNO5. The van der Waals surface area contributed by atoms with Gasteiger partial charge in [-0.25, -0.2) is 0 Å². The molecular weight excluding hydrogens is 418 g/mol. The normalized spacial score (nSPS) is 10.8. The van der Waals surface area contributed by atoms with Crippen LogP contribution >= 0.6 is 11.6 Å². The van der Waals surface area contributed by atoms with Crippen LogP contribution in [-0.2, 0) is 11.2 Å². The Morgan fingerprint density at radius 2 is 1.81 bits per heavy atom. The molecule has 4 rings (SSSR count). The fourth-order valence-electron chi connectivity index (χ4n) is 3.11. The highest BCUT2D eigenvalue weighted by Crippen LogP contribution is 2.31. The summed E-state index contributed by atoms with van der Waals surface area (Å²) in [4.78, 5) is 23.3. The van der Waals surface area contributed by atoms with Crippen molar-refractivity contribution in [2.45, 2.75) is 13.3 Å². The number of nitrogens with one attached hydrogen (secondary N) is 1. The summed E-state index contributed by atoms with van der Waals surface area (Å²) >= 11 is 6.19. The minimum absolute atomic E-state index is 0.112. The Bertz CT molecular complexity index is 1280. The van der Waals surface area contributed by atoms with E-state index >= 15 is 0 Å². The minimum atomic E-state index is -0.930. The molecule has 3 aromatic carbocycles. The molecule has 156 valence electrons. The predicted octanol–water partition coefficient (Wildman–Crippen LogP) is 6.07. The first-order valence-electron chi connectivity index (χ1n) is 9.47. The summed E-state index contributed by atoms with van der Waals surface area (Å²) in [5.41, 5.74) is 2.92. The molecule has 0 bridgehead atoms. The zero-order chi connectivity index (χ0) is 22.0. The number of ether oxygens (including phenoxy) is 1. The number of aryl methyl sites for hydroxylation is 1. The lowest BCUT2D eigenvalue weighted by Gasteiger charge is -2.10. The van der Waals surface area contributed by atoms with Crippen LogP contribution in [0.1, 0.15) is 21.7 Å². The Morgan fingerprint density at radius 3 is 2.52 bits per heavy atom. The van der Waals surface area contributed by atoms with Crippen molar-refractivity contribution < 1.29 is 23.8 Å². The van der Waals surface area contributed by atoms with Crippen LogP contribution < -0.4 is 10.1 Å². The second-order valence-corrected chi connectivity index (χ2v) is 7.47. The zero-order valence-corrected chi connectivity index (χ0v) is 17.3. The number of fused-ring (bicyclic) bond motifs is 1. The largest absolute Gasteiger partial charge is 0.481 e. The van der Waals surface area contributed by atoms with Gasteiger partial charge >= 0.3 is 5.97 Å². The fourth-order valence-corrected chi connectivity index (χ4v) is 3.35. The van der Waals surface area contributed by atoms with Gasteiger partial charge in [-0.15, -0.1) is 0 Å². The number of furan rings is 1. The van der Waals surface area contributed by atoms with Gasteiger partial charge in [0, 0.05) is 11.1 Å². The summed E-state index contributed by atoms with van der Waals surface area (Å²) in [6.45, 7) is 1.98. The molecule has 0 aliphatic rings. The molecule has 2 N–H and O–H groups in total. The molecule has 1 heterocycles. The van der Waals surface area contributed by atoms with Gasteiger partial charge in [0.2, 0.25) is 0 Å². The van der Waals surface area contributed by atoms with E-state index in [0.29, 0.717) is 33.4 Å². The monoisotopic (exact) mass is 435 g/mol. The molecule has 0 saturated carbocycles. The van der Waals surface area contributed by atoms with E-state index in [1.807, 2.05) is 25.1 Å². The molecule has 0 saturated heterocycles. The van der Waals surface area contributed by atoms with Gasteiger partial charge in [-0.3, -0.25) is 9.59 Å². The zero-order valence-electron chi connectivity index (χ0n) is 16.5. The Hall–Kier alpha value is -3.77. The highest BCUT2D eigenvalue weighted by atomic mass is 35.5. The number of benzene rings is 3. The molecule has 0 spiro atoms. The van der Waals surface area contributed by atoms with Crippen LogP contribution in [0.15, 0.2) is 71.1 Å². The maximum atomic E-state index is 12.5. The maximum Gasteiger partial charge on any atom is 0.307 e. The average molecular weight is 436 g/mol. The van der Waals surface area contributed by atoms with Gasteiger partial charge < -0.3 is 19.6 Å². The third kappa shape index (κ3) is 4.87. The van der Waals surface area contributed by atoms with E-state index in [0.717, 1.165) is 10.9 Å². The third-order valence-corrected chi connectivity index (χ3v) is 4.88. The van der Waals surface area contributed by atoms with Crippen molar-refractivity contribution in [1.29, 1.82) is 0 Å². The van der Waals surface area contributed by atoms with E-state index in [1.165, 1.54) is 0 Å². The second-order valence-electron chi connectivity index (χ2n) is 7.07. The van der Waals surface area contributed by atoms with E-state index in [4.69, 9.17) is 25.9 Å². The summed E-state index contributed by atoms with van der Waals surface area (Å²) in [7, 11) is 0. The van der Waals surface area contributed by atoms with E-state index in [-0.39, 0.29) is 18.1 Å². The lowest BCUT2D eigenvalue weighted by atomic mass is 10.1. The molecule has 4 aromatic rings. The molecule has 0 unspecified atom stereocenters. The van der Waals surface area contributed by atoms with E-state index in [1.54, 1.807) is 48.5 Å². The van der Waals surface area contributed by atoms with Crippen molar-refractivity contribution in [3.05, 3.63) is 88.6 Å². The van der Waals surface area contributed by atoms with Crippen LogP contribution in [0, 0.1) is 6.92 Å². The van der Waals surface area contributed by atoms with Gasteiger partial charge in [-0.2, -0.15) is 0 Å². The van der Waals surface area contributed by atoms with Crippen molar-refractivity contribution in [3.8, 4) is 11.5 Å². The minimum Gasteiger partial charge on any atom is -0.481 e. The molecule has 6 nitrogen and oxygen atoms in total. The van der Waals surface area contributed by atoms with Crippen LogP contribution in [0.3, 0.4) is 0 Å². The number of hydrogen-bond donors (Lipinski definition) is 2. The Labute approximate surface area is 183 Å². The molecule has 0 radical (unpaired) electrons. The first kappa shape index (κ1) is 20.5. The van der Waals surface area contributed by atoms with Gasteiger partial charge in [0.05, 0.1) is 11.4 Å². The number of carboxylic acids is 1. The van der Waals surface area contributed by atoms with Gasteiger partial charge in [0.25, 0.3) is 5.91 Å². The Morgan fingerprint density at radius 1 is 1.03 bits per heavy atom. The van der Waals surface area contributed by atoms with E-state index < -0.39 is 5.97 Å². The maximum absolute atomic E-state index is 12.5. The molecule has 1 aromatic heterocycles. The van der Waals surface area contributed by atoms with E-state index in [9.17, 15) is 9.59 Å². The van der Waals surface area contributed by atoms with Crippen molar-refractivity contribution in [2.75, 3.05) is 5.32 Å². The number of anilines is 1. The topological polar surface area (TPSA) is 88.8 Å². The van der Waals surface area contributed by atoms with Gasteiger partial charge in [0.15, 0.2) is 5.76 Å². The number of carbonyl (C=O) groups excluding carboxylic acids is 1. The average Bonchev–Trinajstić information content (AvgIpc) is 3.14. The molecule has 7 heteroatoms. The highest BCUT2D eigenvalue weighted by Gasteiger charge is 2.13. The van der Waals surface area contributed by atoms with Gasteiger partial charge in [0.1, 0.15) is 17.1 Å². The number of carbonyl (C=O) groups is 2. The molecule has 0 aliphatic heterocycles. The van der Waals surface area contributed by atoms with Crippen molar-refractivity contribution >= 4 is 40.1 Å². The van der Waals surface area contributed by atoms with Crippen molar-refractivity contribution in [3.63, 3.8) is 0 Å². The van der Waals surface area contributed by atoms with Crippen LogP contribution in [0.5, 0.6) is 11.5 Å². The molecule has 1 amide bonds. The summed E-state index contributed by atoms with van der Waals surface area (Å²) in [5.74, 6) is -0.121. The Kier molecular flexibility index (Phi) is 5.64. The number of amides is 1. The quantitative estimate of drug-likeness (QED) is 0.384. The van der Waals surface area contributed by atoms with Crippen LogP contribution in [0.4, 0.5) is 5.69 Å². The van der Waals surface area contributed by atoms with E-state index in [2.05, 4.69) is 5.32 Å². The standard InChI is InChI=1S/C24H18ClNO5/c1-14-2-8-20-16(10-14)13-22(31-20)24(29)26-17-4-6-18(7-5-17)30-21-9-3-15(11-19(21)25)12-23(27)28/h2-11,13H,12H2,1H3,(H,26,29)(H,27,28).